The van der Waals surface area contributed by atoms with E-state index in [9.17, 15) is 0 Å². The van der Waals surface area contributed by atoms with Crippen molar-refractivity contribution in [3.8, 4) is 0 Å². The van der Waals surface area contributed by atoms with Gasteiger partial charge in [0.2, 0.25) is 0 Å². The number of hydrogen-bond acceptors (Lipinski definition) is 2. The maximum Gasteiger partial charge on any atom is 0.0673 e. The summed E-state index contributed by atoms with van der Waals surface area (Å²) >= 11 is 2.25. The fourth-order valence-electron chi connectivity index (χ4n) is 0.939. The van der Waals surface area contributed by atoms with E-state index in [1.807, 2.05) is 24.3 Å². The summed E-state index contributed by atoms with van der Waals surface area (Å²) < 4.78 is 1.20. The van der Waals surface area contributed by atoms with Gasteiger partial charge in [0.15, 0.2) is 0 Å². The molecular weight excluding hydrogens is 277 g/mol. The van der Waals surface area contributed by atoms with Gasteiger partial charge < -0.3 is 10.4 Å². The van der Waals surface area contributed by atoms with Gasteiger partial charge in [-0.3, -0.25) is 0 Å². The Bertz CT molecular complexity index is 271. The van der Waals surface area contributed by atoms with Crippen LogP contribution in [0.25, 0.3) is 0 Å². The average molecular weight is 289 g/mol. The summed E-state index contributed by atoms with van der Waals surface area (Å²) in [7, 11) is 0. The van der Waals surface area contributed by atoms with Crippen molar-refractivity contribution in [1.82, 2.24) is 0 Å². The molecule has 2 nitrogen and oxygen atoms in total. The Morgan fingerprint density at radius 3 is 2.54 bits per heavy atom. The highest BCUT2D eigenvalue weighted by atomic mass is 127. The molecule has 0 heterocycles. The molecule has 2 N–H and O–H groups in total. The summed E-state index contributed by atoms with van der Waals surface area (Å²) in [5, 5.41) is 12.0. The number of rotatable bonds is 4. The molecule has 1 unspecified atom stereocenters. The summed E-state index contributed by atoms with van der Waals surface area (Å²) in [6.07, 6.45) is 1.69. The third-order valence-electron chi connectivity index (χ3n) is 1.68. The van der Waals surface area contributed by atoms with Gasteiger partial charge in [0.05, 0.1) is 12.6 Å². The van der Waals surface area contributed by atoms with Crippen LogP contribution in [0.2, 0.25) is 0 Å². The summed E-state index contributed by atoms with van der Waals surface area (Å²) in [6, 6.07) is 7.92. The zero-order valence-electron chi connectivity index (χ0n) is 7.20. The number of aliphatic hydroxyl groups excluding tert-OH is 1. The van der Waals surface area contributed by atoms with Crippen molar-refractivity contribution in [2.75, 3.05) is 11.9 Å². The molecule has 1 rings (SSSR count). The fourth-order valence-corrected chi connectivity index (χ4v) is 1.30. The maximum absolute atomic E-state index is 8.91. The third kappa shape index (κ3) is 3.36. The zero-order valence-corrected chi connectivity index (χ0v) is 9.36. The topological polar surface area (TPSA) is 32.3 Å². The normalized spacial score (nSPS) is 12.2. The van der Waals surface area contributed by atoms with Crippen molar-refractivity contribution >= 4 is 28.3 Å². The molecule has 0 saturated carbocycles. The predicted molar refractivity (Wildman–Crippen MR) is 63.9 cm³/mol. The molecule has 3 heteroatoms. The molecule has 0 aliphatic heterocycles. The Labute approximate surface area is 91.8 Å². The smallest absolute Gasteiger partial charge is 0.0673 e. The van der Waals surface area contributed by atoms with Crippen molar-refractivity contribution in [2.24, 2.45) is 0 Å². The molecule has 1 aromatic carbocycles. The summed E-state index contributed by atoms with van der Waals surface area (Å²) in [6.45, 7) is 3.69. The van der Waals surface area contributed by atoms with Gasteiger partial charge in [-0.2, -0.15) is 0 Å². The molecule has 0 spiro atoms. The minimum Gasteiger partial charge on any atom is -0.394 e. The number of aliphatic hydroxyl groups is 1. The van der Waals surface area contributed by atoms with E-state index >= 15 is 0 Å². The first-order chi connectivity index (χ1) is 6.26. The minimum atomic E-state index is -0.0694. The van der Waals surface area contributed by atoms with E-state index in [1.165, 1.54) is 3.57 Å². The van der Waals surface area contributed by atoms with Crippen LogP contribution in [-0.4, -0.2) is 17.8 Å². The maximum atomic E-state index is 8.91. The van der Waals surface area contributed by atoms with Crippen molar-refractivity contribution in [1.29, 1.82) is 0 Å². The van der Waals surface area contributed by atoms with Crippen LogP contribution in [0.15, 0.2) is 36.9 Å². The van der Waals surface area contributed by atoms with Gasteiger partial charge >= 0.3 is 0 Å². The first kappa shape index (κ1) is 10.5. The number of nitrogens with one attached hydrogen (secondary N) is 1. The van der Waals surface area contributed by atoms with E-state index in [-0.39, 0.29) is 12.6 Å². The highest BCUT2D eigenvalue weighted by Gasteiger charge is 2.00. The largest absolute Gasteiger partial charge is 0.394 e. The molecule has 0 aliphatic carbocycles. The predicted octanol–water partition coefficient (Wildman–Crippen LogP) is 2.25. The van der Waals surface area contributed by atoms with E-state index in [0.717, 1.165) is 5.69 Å². The molecule has 0 saturated heterocycles. The Hall–Kier alpha value is -0.550. The van der Waals surface area contributed by atoms with Crippen LogP contribution in [0.1, 0.15) is 0 Å². The molecule has 0 aliphatic rings. The second-order valence-corrected chi connectivity index (χ2v) is 3.92. The zero-order chi connectivity index (χ0) is 9.68. The average Bonchev–Trinajstić information content (AvgIpc) is 2.17. The Morgan fingerprint density at radius 1 is 1.46 bits per heavy atom. The molecule has 0 amide bonds. The number of anilines is 1. The van der Waals surface area contributed by atoms with E-state index < -0.39 is 0 Å². The minimum absolute atomic E-state index is 0.0650. The van der Waals surface area contributed by atoms with E-state index in [4.69, 9.17) is 5.11 Å². The Kier molecular flexibility index (Phi) is 4.24. The monoisotopic (exact) mass is 289 g/mol. The Morgan fingerprint density at radius 2 is 2.08 bits per heavy atom. The summed E-state index contributed by atoms with van der Waals surface area (Å²) in [4.78, 5) is 0. The summed E-state index contributed by atoms with van der Waals surface area (Å²) in [5.41, 5.74) is 0.999. The number of hydrogen-bond donors (Lipinski definition) is 2. The van der Waals surface area contributed by atoms with Crippen LogP contribution in [0, 0.1) is 3.57 Å². The van der Waals surface area contributed by atoms with Crippen molar-refractivity contribution in [3.63, 3.8) is 0 Å². The van der Waals surface area contributed by atoms with Gasteiger partial charge in [-0.15, -0.1) is 6.58 Å². The van der Waals surface area contributed by atoms with Gasteiger partial charge in [-0.1, -0.05) is 6.08 Å². The van der Waals surface area contributed by atoms with Crippen LogP contribution in [0.3, 0.4) is 0 Å². The lowest BCUT2D eigenvalue weighted by Crippen LogP contribution is -2.20. The van der Waals surface area contributed by atoms with Gasteiger partial charge in [0, 0.05) is 9.26 Å². The quantitative estimate of drug-likeness (QED) is 0.658. The molecule has 0 aromatic heterocycles. The molecule has 0 radical (unpaired) electrons. The Balaban J connectivity index is 2.63. The molecule has 1 atom stereocenters. The van der Waals surface area contributed by atoms with Crippen LogP contribution < -0.4 is 5.32 Å². The van der Waals surface area contributed by atoms with Crippen molar-refractivity contribution < 1.29 is 5.11 Å². The van der Waals surface area contributed by atoms with Gasteiger partial charge in [0.25, 0.3) is 0 Å². The molecule has 70 valence electrons. The lowest BCUT2D eigenvalue weighted by atomic mass is 10.2. The first-order valence-corrected chi connectivity index (χ1v) is 5.09. The third-order valence-corrected chi connectivity index (χ3v) is 2.40. The molecule has 1 aromatic rings. The lowest BCUT2D eigenvalue weighted by molar-refractivity contribution is 0.291. The second kappa shape index (κ2) is 5.24. The van der Waals surface area contributed by atoms with Gasteiger partial charge in [-0.25, -0.2) is 0 Å². The SMILES string of the molecule is C=CC(CO)Nc1ccc(I)cc1. The fraction of sp³-hybridized carbons (Fsp3) is 0.200. The van der Waals surface area contributed by atoms with Crippen LogP contribution in [0.5, 0.6) is 0 Å². The number of benzene rings is 1. The molecule has 0 bridgehead atoms. The highest BCUT2D eigenvalue weighted by molar-refractivity contribution is 14.1. The van der Waals surface area contributed by atoms with Crippen LogP contribution >= 0.6 is 22.6 Å². The van der Waals surface area contributed by atoms with Crippen molar-refractivity contribution in [3.05, 3.63) is 40.5 Å². The van der Waals surface area contributed by atoms with E-state index in [1.54, 1.807) is 6.08 Å². The van der Waals surface area contributed by atoms with E-state index in [0.29, 0.717) is 0 Å². The lowest BCUT2D eigenvalue weighted by Gasteiger charge is -2.12. The van der Waals surface area contributed by atoms with Crippen molar-refractivity contribution in [2.45, 2.75) is 6.04 Å². The van der Waals surface area contributed by atoms with E-state index in [2.05, 4.69) is 34.5 Å². The molecule has 13 heavy (non-hydrogen) atoms. The highest BCUT2D eigenvalue weighted by Crippen LogP contribution is 2.12. The van der Waals surface area contributed by atoms with Crippen LogP contribution in [0.4, 0.5) is 5.69 Å². The first-order valence-electron chi connectivity index (χ1n) is 4.02. The standard InChI is InChI=1S/C10H12INO/c1-2-9(7-13)12-10-5-3-8(11)4-6-10/h2-6,9,12-13H,1,7H2. The van der Waals surface area contributed by atoms with Gasteiger partial charge in [0.1, 0.15) is 0 Å². The molecule has 0 fully saturated rings. The summed E-state index contributed by atoms with van der Waals surface area (Å²) in [5.74, 6) is 0. The second-order valence-electron chi connectivity index (χ2n) is 2.68. The number of halogens is 1. The molecular formula is C10H12INO. The van der Waals surface area contributed by atoms with Crippen LogP contribution in [-0.2, 0) is 0 Å². The van der Waals surface area contributed by atoms with Gasteiger partial charge in [-0.05, 0) is 46.9 Å².